The van der Waals surface area contributed by atoms with Crippen molar-refractivity contribution in [2.45, 2.75) is 52.6 Å². The summed E-state index contributed by atoms with van der Waals surface area (Å²) in [6, 6.07) is 7.61. The molecular weight excluding hydrogens is 418 g/mol. The number of benzene rings is 1. The number of nitrogens with one attached hydrogen (secondary N) is 1. The minimum absolute atomic E-state index is 0.0612. The molecular formula is C22H28ClN5O3. The molecule has 4 rings (SSSR count). The van der Waals surface area contributed by atoms with E-state index in [4.69, 9.17) is 16.3 Å². The second-order valence-electron chi connectivity index (χ2n) is 8.43. The van der Waals surface area contributed by atoms with Crippen LogP contribution in [-0.4, -0.2) is 63.3 Å². The van der Waals surface area contributed by atoms with Gasteiger partial charge >= 0.3 is 6.09 Å². The van der Waals surface area contributed by atoms with Gasteiger partial charge in [0.05, 0.1) is 18.8 Å². The lowest BCUT2D eigenvalue weighted by molar-refractivity contribution is 0.0536. The average Bonchev–Trinajstić information content (AvgIpc) is 3.14. The molecule has 0 spiro atoms. The smallest absolute Gasteiger partial charge is 0.410 e. The number of carbonyl (C=O) groups is 2. The highest BCUT2D eigenvalue weighted by molar-refractivity contribution is 6.30. The highest BCUT2D eigenvalue weighted by Gasteiger charge is 2.32. The maximum Gasteiger partial charge on any atom is 0.410 e. The van der Waals surface area contributed by atoms with Crippen LogP contribution in [0.15, 0.2) is 24.3 Å². The largest absolute Gasteiger partial charge is 0.445 e. The molecule has 2 atom stereocenters. The van der Waals surface area contributed by atoms with Gasteiger partial charge in [0, 0.05) is 36.7 Å². The van der Waals surface area contributed by atoms with E-state index in [2.05, 4.69) is 10.4 Å². The molecule has 8 nitrogen and oxygen atoms in total. The van der Waals surface area contributed by atoms with Gasteiger partial charge in [-0.3, -0.25) is 9.48 Å². The van der Waals surface area contributed by atoms with Crippen LogP contribution in [0.5, 0.6) is 0 Å². The molecule has 0 aliphatic carbocycles. The van der Waals surface area contributed by atoms with Gasteiger partial charge in [-0.1, -0.05) is 17.7 Å². The van der Waals surface area contributed by atoms with Crippen LogP contribution in [0.4, 0.5) is 4.79 Å². The zero-order chi connectivity index (χ0) is 22.1. The molecule has 0 radical (unpaired) electrons. The molecule has 166 valence electrons. The van der Waals surface area contributed by atoms with E-state index in [1.807, 2.05) is 42.5 Å². The number of fused-ring (bicyclic) bond motifs is 1. The van der Waals surface area contributed by atoms with E-state index in [1.165, 1.54) is 0 Å². The molecule has 2 aromatic rings. The Balaban J connectivity index is 1.40. The minimum atomic E-state index is -0.387. The third-order valence-corrected chi connectivity index (χ3v) is 6.02. The lowest BCUT2D eigenvalue weighted by Crippen LogP contribution is -2.57. The van der Waals surface area contributed by atoms with Crippen molar-refractivity contribution in [3.05, 3.63) is 51.8 Å². The van der Waals surface area contributed by atoms with Gasteiger partial charge in [-0.2, -0.15) is 5.10 Å². The Morgan fingerprint density at radius 3 is 2.61 bits per heavy atom. The highest BCUT2D eigenvalue weighted by Crippen LogP contribution is 2.20. The van der Waals surface area contributed by atoms with Crippen molar-refractivity contribution in [2.24, 2.45) is 0 Å². The predicted molar refractivity (Wildman–Crippen MR) is 117 cm³/mol. The van der Waals surface area contributed by atoms with Crippen molar-refractivity contribution in [2.75, 3.05) is 19.6 Å². The summed E-state index contributed by atoms with van der Waals surface area (Å²) in [6.07, 6.45) is -0.387. The molecule has 1 fully saturated rings. The summed E-state index contributed by atoms with van der Waals surface area (Å²) in [4.78, 5) is 29.2. The molecule has 1 N–H and O–H groups in total. The van der Waals surface area contributed by atoms with E-state index >= 15 is 0 Å². The molecule has 0 saturated carbocycles. The first-order valence-corrected chi connectivity index (χ1v) is 11.0. The van der Waals surface area contributed by atoms with Crippen LogP contribution in [0.25, 0.3) is 0 Å². The van der Waals surface area contributed by atoms with Crippen LogP contribution < -0.4 is 5.32 Å². The molecule has 2 amide bonds. The molecule has 2 aliphatic rings. The van der Waals surface area contributed by atoms with E-state index in [1.54, 1.807) is 17.0 Å². The lowest BCUT2D eigenvalue weighted by Gasteiger charge is -2.39. The number of hydrogen-bond donors (Lipinski definition) is 1. The maximum atomic E-state index is 13.1. The summed E-state index contributed by atoms with van der Waals surface area (Å²) in [5.74, 6) is -0.0612. The summed E-state index contributed by atoms with van der Waals surface area (Å²) in [5, 5.41) is 8.47. The Morgan fingerprint density at radius 1 is 1.16 bits per heavy atom. The molecule has 2 aliphatic heterocycles. The van der Waals surface area contributed by atoms with Gasteiger partial charge < -0.3 is 19.9 Å². The molecule has 0 bridgehead atoms. The van der Waals surface area contributed by atoms with Crippen molar-refractivity contribution in [1.82, 2.24) is 24.9 Å². The van der Waals surface area contributed by atoms with Gasteiger partial charge in [0.2, 0.25) is 0 Å². The normalized spacial score (nSPS) is 21.0. The topological polar surface area (TPSA) is 79.7 Å². The van der Waals surface area contributed by atoms with Gasteiger partial charge in [0.1, 0.15) is 6.61 Å². The number of nitrogens with zero attached hydrogens (tertiary/aromatic N) is 4. The third kappa shape index (κ3) is 4.70. The molecule has 31 heavy (non-hydrogen) atoms. The fraction of sp³-hybridized carbons (Fsp3) is 0.500. The summed E-state index contributed by atoms with van der Waals surface area (Å²) < 4.78 is 7.30. The number of aryl methyl sites for hydroxylation is 1. The Kier molecular flexibility index (Phi) is 6.20. The Bertz CT molecular complexity index is 961. The summed E-state index contributed by atoms with van der Waals surface area (Å²) >= 11 is 6.08. The molecule has 1 aromatic carbocycles. The van der Waals surface area contributed by atoms with Crippen molar-refractivity contribution in [1.29, 1.82) is 0 Å². The molecule has 3 heterocycles. The first-order chi connectivity index (χ1) is 14.8. The van der Waals surface area contributed by atoms with E-state index in [0.29, 0.717) is 30.4 Å². The second kappa shape index (κ2) is 8.88. The number of rotatable bonds is 3. The molecule has 1 aromatic heterocycles. The number of hydrogen-bond acceptors (Lipinski definition) is 5. The fourth-order valence-corrected chi connectivity index (χ4v) is 4.64. The first kappa shape index (κ1) is 21.6. The van der Waals surface area contributed by atoms with Crippen molar-refractivity contribution in [3.8, 4) is 0 Å². The lowest BCUT2D eigenvalue weighted by atomic mass is 10.1. The Hall–Kier alpha value is -2.58. The number of amides is 2. The zero-order valence-corrected chi connectivity index (χ0v) is 18.9. The number of aromatic nitrogens is 2. The average molecular weight is 446 g/mol. The van der Waals surface area contributed by atoms with E-state index in [0.717, 1.165) is 29.9 Å². The zero-order valence-electron chi connectivity index (χ0n) is 18.1. The van der Waals surface area contributed by atoms with Crippen molar-refractivity contribution in [3.63, 3.8) is 0 Å². The molecule has 2 unspecified atom stereocenters. The quantitative estimate of drug-likeness (QED) is 0.785. The first-order valence-electron chi connectivity index (χ1n) is 10.6. The van der Waals surface area contributed by atoms with Crippen LogP contribution in [0, 0.1) is 6.92 Å². The molecule has 9 heteroatoms. The second-order valence-corrected chi connectivity index (χ2v) is 8.86. The van der Waals surface area contributed by atoms with E-state index < -0.39 is 0 Å². The van der Waals surface area contributed by atoms with Crippen LogP contribution in [0.3, 0.4) is 0 Å². The van der Waals surface area contributed by atoms with Crippen LogP contribution in [0.1, 0.15) is 41.2 Å². The van der Waals surface area contributed by atoms with Gasteiger partial charge in [-0.15, -0.1) is 0 Å². The van der Waals surface area contributed by atoms with Gasteiger partial charge in [-0.25, -0.2) is 4.79 Å². The molecule has 1 saturated heterocycles. The maximum absolute atomic E-state index is 13.1. The summed E-state index contributed by atoms with van der Waals surface area (Å²) in [5.41, 5.74) is 3.14. The van der Waals surface area contributed by atoms with Crippen LogP contribution in [-0.2, 0) is 24.4 Å². The number of piperazine rings is 1. The van der Waals surface area contributed by atoms with Gasteiger partial charge in [0.15, 0.2) is 5.69 Å². The van der Waals surface area contributed by atoms with Gasteiger partial charge in [-0.05, 0) is 50.1 Å². The van der Waals surface area contributed by atoms with E-state index in [-0.39, 0.29) is 30.7 Å². The summed E-state index contributed by atoms with van der Waals surface area (Å²) in [6.45, 7) is 9.11. The minimum Gasteiger partial charge on any atom is -0.445 e. The van der Waals surface area contributed by atoms with Crippen LogP contribution >= 0.6 is 11.6 Å². The number of ether oxygens (including phenoxy) is 1. The van der Waals surface area contributed by atoms with Gasteiger partial charge in [0.25, 0.3) is 5.91 Å². The SMILES string of the molecule is Cc1cc(Cl)cc(COC(=O)N2CCn3nc(C(=O)N4C(C)CNCC4C)cc3C2)c1. The number of carbonyl (C=O) groups excluding carboxylic acids is 2. The standard InChI is InChI=1S/C22H28ClN5O3/c1-14-6-17(8-18(23)7-14)13-31-22(30)26-4-5-27-19(12-26)9-20(25-27)21(29)28-15(2)10-24-11-16(28)3/h6-9,15-16,24H,4-5,10-13H2,1-3H3. The van der Waals surface area contributed by atoms with Crippen molar-refractivity contribution < 1.29 is 14.3 Å². The van der Waals surface area contributed by atoms with Crippen molar-refractivity contribution >= 4 is 23.6 Å². The predicted octanol–water partition coefficient (Wildman–Crippen LogP) is 2.82. The van der Waals surface area contributed by atoms with E-state index in [9.17, 15) is 9.59 Å². The van der Waals surface area contributed by atoms with Crippen LogP contribution in [0.2, 0.25) is 5.02 Å². The Labute approximate surface area is 187 Å². The highest BCUT2D eigenvalue weighted by atomic mass is 35.5. The third-order valence-electron chi connectivity index (χ3n) is 5.80. The Morgan fingerprint density at radius 2 is 1.90 bits per heavy atom. The fourth-order valence-electron chi connectivity index (χ4n) is 4.32. The number of halogens is 1. The monoisotopic (exact) mass is 445 g/mol. The summed E-state index contributed by atoms with van der Waals surface area (Å²) in [7, 11) is 0.